The van der Waals surface area contributed by atoms with E-state index in [-0.39, 0.29) is 0 Å². The van der Waals surface area contributed by atoms with Gasteiger partial charge in [-0.25, -0.2) is 0 Å². The lowest BCUT2D eigenvalue weighted by atomic mass is 10.1. The Labute approximate surface area is 97.6 Å². The number of nitrogens with two attached hydrogens (primary N) is 1. The van der Waals surface area contributed by atoms with Gasteiger partial charge in [0.15, 0.2) is 0 Å². The Balaban J connectivity index is 1.89. The summed E-state index contributed by atoms with van der Waals surface area (Å²) in [4.78, 5) is 2.39. The van der Waals surface area contributed by atoms with E-state index in [2.05, 4.69) is 30.3 Å². The smallest absolute Gasteiger partial charge is 0.0363 e. The third-order valence-corrected chi connectivity index (χ3v) is 3.18. The van der Waals surface area contributed by atoms with Crippen molar-refractivity contribution in [3.8, 4) is 0 Å². The molecule has 1 aliphatic rings. The lowest BCUT2D eigenvalue weighted by Crippen LogP contribution is -2.19. The summed E-state index contributed by atoms with van der Waals surface area (Å²) in [6, 6.07) is 6.15. The summed E-state index contributed by atoms with van der Waals surface area (Å²) in [6.45, 7) is 5.55. The molecule has 3 nitrogen and oxygen atoms in total. The molecule has 1 aromatic rings. The number of hydrogen-bond acceptors (Lipinski definition) is 3. The Morgan fingerprint density at radius 3 is 2.88 bits per heavy atom. The van der Waals surface area contributed by atoms with Crippen molar-refractivity contribution in [2.45, 2.75) is 13.3 Å². The fourth-order valence-corrected chi connectivity index (χ4v) is 2.37. The van der Waals surface area contributed by atoms with Crippen molar-refractivity contribution in [1.29, 1.82) is 0 Å². The van der Waals surface area contributed by atoms with E-state index in [1.54, 1.807) is 0 Å². The summed E-state index contributed by atoms with van der Waals surface area (Å²) in [5, 5.41) is 3.48. The van der Waals surface area contributed by atoms with Crippen LogP contribution in [0.1, 0.15) is 12.0 Å². The predicted molar refractivity (Wildman–Crippen MR) is 69.7 cm³/mol. The van der Waals surface area contributed by atoms with E-state index in [4.69, 9.17) is 5.73 Å². The topological polar surface area (TPSA) is 41.3 Å². The minimum absolute atomic E-state index is 0.770. The maximum Gasteiger partial charge on any atom is 0.0363 e. The third kappa shape index (κ3) is 2.89. The van der Waals surface area contributed by atoms with Gasteiger partial charge in [0.05, 0.1) is 0 Å². The number of nitrogens with zero attached hydrogens (tertiary/aromatic N) is 1. The van der Waals surface area contributed by atoms with Gasteiger partial charge in [-0.15, -0.1) is 0 Å². The number of anilines is 2. The van der Waals surface area contributed by atoms with E-state index in [0.29, 0.717) is 0 Å². The molecule has 0 aromatic heterocycles. The van der Waals surface area contributed by atoms with E-state index in [9.17, 15) is 0 Å². The molecular formula is C13H21N3. The molecule has 1 fully saturated rings. The molecule has 0 bridgehead atoms. The maximum atomic E-state index is 5.82. The van der Waals surface area contributed by atoms with Gasteiger partial charge < -0.3 is 16.0 Å². The van der Waals surface area contributed by atoms with Crippen LogP contribution in [0.25, 0.3) is 0 Å². The fraction of sp³-hybridized carbons (Fsp3) is 0.538. The number of nitrogens with one attached hydrogen (secondary N) is 1. The quantitative estimate of drug-likeness (QED) is 0.763. The lowest BCUT2D eigenvalue weighted by Gasteiger charge is -2.13. The first-order valence-corrected chi connectivity index (χ1v) is 5.93. The highest BCUT2D eigenvalue weighted by atomic mass is 15.1. The van der Waals surface area contributed by atoms with Crippen molar-refractivity contribution < 1.29 is 0 Å². The van der Waals surface area contributed by atoms with Crippen molar-refractivity contribution in [2.24, 2.45) is 5.92 Å². The molecule has 1 aliphatic heterocycles. The van der Waals surface area contributed by atoms with Gasteiger partial charge in [0, 0.05) is 24.5 Å². The number of nitrogen functional groups attached to an aromatic ring is 1. The zero-order valence-electron chi connectivity index (χ0n) is 10.2. The molecule has 0 aliphatic carbocycles. The van der Waals surface area contributed by atoms with Gasteiger partial charge in [0.2, 0.25) is 0 Å². The second-order valence-electron chi connectivity index (χ2n) is 4.93. The van der Waals surface area contributed by atoms with E-state index < -0.39 is 0 Å². The first kappa shape index (κ1) is 11.3. The lowest BCUT2D eigenvalue weighted by molar-refractivity contribution is 0.399. The second-order valence-corrected chi connectivity index (χ2v) is 4.93. The second kappa shape index (κ2) is 4.74. The number of aryl methyl sites for hydroxylation is 1. The van der Waals surface area contributed by atoms with Gasteiger partial charge in [-0.2, -0.15) is 0 Å². The molecule has 3 heteroatoms. The van der Waals surface area contributed by atoms with Crippen molar-refractivity contribution in [2.75, 3.05) is 37.7 Å². The molecule has 2 rings (SSSR count). The Bertz CT molecular complexity index is 342. The normalized spacial score (nSPS) is 21.2. The SMILES string of the molecule is Cc1cc(N)cc(NCC2CCN(C)C2)c1. The van der Waals surface area contributed by atoms with Crippen LogP contribution in [0.5, 0.6) is 0 Å². The van der Waals surface area contributed by atoms with Crippen molar-refractivity contribution in [3.05, 3.63) is 23.8 Å². The minimum atomic E-state index is 0.770. The fourth-order valence-electron chi connectivity index (χ4n) is 2.37. The van der Waals surface area contributed by atoms with Gasteiger partial charge in [-0.05, 0) is 56.6 Å². The van der Waals surface area contributed by atoms with Crippen LogP contribution in [0, 0.1) is 12.8 Å². The standard InChI is InChI=1S/C13H21N3/c1-10-5-12(14)7-13(6-10)15-8-11-3-4-16(2)9-11/h5-7,11,15H,3-4,8-9,14H2,1-2H3. The highest BCUT2D eigenvalue weighted by Crippen LogP contribution is 2.19. The van der Waals surface area contributed by atoms with Crippen molar-refractivity contribution in [1.82, 2.24) is 4.90 Å². The highest BCUT2D eigenvalue weighted by Gasteiger charge is 2.18. The third-order valence-electron chi connectivity index (χ3n) is 3.18. The summed E-state index contributed by atoms with van der Waals surface area (Å²) in [5.74, 6) is 0.770. The Hall–Kier alpha value is -1.22. The predicted octanol–water partition coefficient (Wildman–Crippen LogP) is 1.94. The molecule has 16 heavy (non-hydrogen) atoms. The van der Waals surface area contributed by atoms with Gasteiger partial charge in [0.25, 0.3) is 0 Å². The average molecular weight is 219 g/mol. The Morgan fingerprint density at radius 1 is 1.44 bits per heavy atom. The summed E-state index contributed by atoms with van der Waals surface area (Å²) < 4.78 is 0. The summed E-state index contributed by atoms with van der Waals surface area (Å²) in [6.07, 6.45) is 1.30. The molecule has 1 atom stereocenters. The molecule has 1 unspecified atom stereocenters. The molecule has 0 radical (unpaired) electrons. The van der Waals surface area contributed by atoms with Crippen LogP contribution in [-0.4, -0.2) is 31.6 Å². The van der Waals surface area contributed by atoms with Crippen molar-refractivity contribution in [3.63, 3.8) is 0 Å². The van der Waals surface area contributed by atoms with Gasteiger partial charge in [-0.1, -0.05) is 0 Å². The number of benzene rings is 1. The Morgan fingerprint density at radius 2 is 2.25 bits per heavy atom. The van der Waals surface area contributed by atoms with Crippen LogP contribution < -0.4 is 11.1 Å². The van der Waals surface area contributed by atoms with Crippen LogP contribution in [0.2, 0.25) is 0 Å². The molecule has 0 saturated carbocycles. The van der Waals surface area contributed by atoms with Gasteiger partial charge in [-0.3, -0.25) is 0 Å². The zero-order valence-corrected chi connectivity index (χ0v) is 10.2. The first-order chi connectivity index (χ1) is 7.63. The molecule has 1 aromatic carbocycles. The van der Waals surface area contributed by atoms with Crippen LogP contribution in [0.15, 0.2) is 18.2 Å². The average Bonchev–Trinajstić information content (AvgIpc) is 2.60. The molecule has 0 spiro atoms. The summed E-state index contributed by atoms with van der Waals surface area (Å²) in [5.41, 5.74) is 9.02. The number of rotatable bonds is 3. The van der Waals surface area contributed by atoms with Crippen LogP contribution in [-0.2, 0) is 0 Å². The largest absolute Gasteiger partial charge is 0.399 e. The molecular weight excluding hydrogens is 198 g/mol. The number of hydrogen-bond donors (Lipinski definition) is 2. The van der Waals surface area contributed by atoms with Gasteiger partial charge >= 0.3 is 0 Å². The van der Waals surface area contributed by atoms with Crippen LogP contribution in [0.3, 0.4) is 0 Å². The van der Waals surface area contributed by atoms with E-state index in [1.165, 1.54) is 25.1 Å². The Kier molecular flexibility index (Phi) is 3.34. The van der Waals surface area contributed by atoms with Gasteiger partial charge in [0.1, 0.15) is 0 Å². The molecule has 88 valence electrons. The van der Waals surface area contributed by atoms with E-state index in [0.717, 1.165) is 23.8 Å². The zero-order chi connectivity index (χ0) is 11.5. The minimum Gasteiger partial charge on any atom is -0.399 e. The van der Waals surface area contributed by atoms with Crippen molar-refractivity contribution >= 4 is 11.4 Å². The van der Waals surface area contributed by atoms with Crippen LogP contribution >= 0.6 is 0 Å². The summed E-state index contributed by atoms with van der Waals surface area (Å²) >= 11 is 0. The highest BCUT2D eigenvalue weighted by molar-refractivity contribution is 5.56. The monoisotopic (exact) mass is 219 g/mol. The number of likely N-dealkylation sites (tertiary alicyclic amines) is 1. The first-order valence-electron chi connectivity index (χ1n) is 5.93. The van der Waals surface area contributed by atoms with E-state index in [1.807, 2.05) is 12.1 Å². The molecule has 0 amide bonds. The van der Waals surface area contributed by atoms with E-state index >= 15 is 0 Å². The maximum absolute atomic E-state index is 5.82. The molecule has 3 N–H and O–H groups in total. The van der Waals surface area contributed by atoms with Crippen LogP contribution in [0.4, 0.5) is 11.4 Å². The summed E-state index contributed by atoms with van der Waals surface area (Å²) in [7, 11) is 2.19. The molecule has 1 saturated heterocycles. The molecule has 1 heterocycles.